The lowest BCUT2D eigenvalue weighted by molar-refractivity contribution is -0.0451. The van der Waals surface area contributed by atoms with Gasteiger partial charge in [0.1, 0.15) is 11.6 Å². The zero-order valence-electron chi connectivity index (χ0n) is 14.1. The summed E-state index contributed by atoms with van der Waals surface area (Å²) in [6.45, 7) is 2.37. The Morgan fingerprint density at radius 1 is 1.35 bits per heavy atom. The quantitative estimate of drug-likeness (QED) is 0.722. The first-order valence-electron chi connectivity index (χ1n) is 8.38. The van der Waals surface area contributed by atoms with E-state index in [-0.39, 0.29) is 11.7 Å². The molecule has 130 valence electrons. The highest BCUT2D eigenvalue weighted by Crippen LogP contribution is 2.42. The van der Waals surface area contributed by atoms with Crippen molar-refractivity contribution in [3.63, 3.8) is 0 Å². The summed E-state index contributed by atoms with van der Waals surface area (Å²) in [6.07, 6.45) is 4.20. The molecule has 0 unspecified atom stereocenters. The third kappa shape index (κ3) is 4.43. The Balaban J connectivity index is 2.29. The molecule has 5 heteroatoms. The summed E-state index contributed by atoms with van der Waals surface area (Å²) in [6, 6.07) is 4.39. The van der Waals surface area contributed by atoms with E-state index in [4.69, 9.17) is 9.47 Å². The molecule has 0 spiro atoms. The zero-order chi connectivity index (χ0) is 16.7. The second-order valence-corrected chi connectivity index (χ2v) is 6.26. The molecule has 0 saturated carbocycles. The van der Waals surface area contributed by atoms with E-state index in [9.17, 15) is 9.50 Å². The average Bonchev–Trinajstić information content (AvgIpc) is 2.59. The largest absolute Gasteiger partial charge is 0.496 e. The van der Waals surface area contributed by atoms with Crippen molar-refractivity contribution in [2.75, 3.05) is 33.9 Å². The lowest BCUT2D eigenvalue weighted by Crippen LogP contribution is -2.44. The van der Waals surface area contributed by atoms with Gasteiger partial charge in [-0.1, -0.05) is 0 Å². The first-order valence-corrected chi connectivity index (χ1v) is 8.38. The SMILES string of the molecule is COCCCC[C@@](O)(c1cc(F)ccc1OC)[C@@H]1CCCNC1. The number of halogens is 1. The van der Waals surface area contributed by atoms with Gasteiger partial charge in [-0.2, -0.15) is 0 Å². The topological polar surface area (TPSA) is 50.7 Å². The van der Waals surface area contributed by atoms with Crippen LogP contribution in [0.3, 0.4) is 0 Å². The van der Waals surface area contributed by atoms with Gasteiger partial charge in [-0.25, -0.2) is 4.39 Å². The van der Waals surface area contributed by atoms with Crippen LogP contribution in [0.25, 0.3) is 0 Å². The van der Waals surface area contributed by atoms with Crippen molar-refractivity contribution in [3.05, 3.63) is 29.6 Å². The van der Waals surface area contributed by atoms with E-state index in [1.54, 1.807) is 20.3 Å². The highest BCUT2D eigenvalue weighted by Gasteiger charge is 2.40. The summed E-state index contributed by atoms with van der Waals surface area (Å²) in [4.78, 5) is 0. The van der Waals surface area contributed by atoms with Crippen molar-refractivity contribution in [1.29, 1.82) is 0 Å². The van der Waals surface area contributed by atoms with E-state index in [1.807, 2.05) is 0 Å². The number of rotatable bonds is 8. The predicted molar refractivity (Wildman–Crippen MR) is 88.2 cm³/mol. The number of aliphatic hydroxyl groups is 1. The van der Waals surface area contributed by atoms with Crippen molar-refractivity contribution in [2.24, 2.45) is 5.92 Å². The average molecular weight is 325 g/mol. The van der Waals surface area contributed by atoms with Gasteiger partial charge in [-0.3, -0.25) is 0 Å². The Morgan fingerprint density at radius 2 is 2.17 bits per heavy atom. The maximum atomic E-state index is 13.8. The van der Waals surface area contributed by atoms with Crippen LogP contribution in [0.4, 0.5) is 4.39 Å². The van der Waals surface area contributed by atoms with E-state index >= 15 is 0 Å². The monoisotopic (exact) mass is 325 g/mol. The summed E-state index contributed by atoms with van der Waals surface area (Å²) in [5.74, 6) is 0.251. The van der Waals surface area contributed by atoms with Gasteiger partial charge in [-0.05, 0) is 56.8 Å². The number of hydrogen-bond acceptors (Lipinski definition) is 4. The lowest BCUT2D eigenvalue weighted by atomic mass is 9.74. The van der Waals surface area contributed by atoms with Gasteiger partial charge in [0.15, 0.2) is 0 Å². The Morgan fingerprint density at radius 3 is 2.83 bits per heavy atom. The molecule has 0 amide bonds. The minimum absolute atomic E-state index is 0.0505. The molecule has 0 radical (unpaired) electrons. The number of unbranched alkanes of at least 4 members (excludes halogenated alkanes) is 1. The molecule has 1 fully saturated rings. The fourth-order valence-electron chi connectivity index (χ4n) is 3.48. The van der Waals surface area contributed by atoms with E-state index in [1.165, 1.54) is 12.1 Å². The molecular formula is C18H28FNO3. The number of nitrogens with one attached hydrogen (secondary N) is 1. The first-order chi connectivity index (χ1) is 11.1. The van der Waals surface area contributed by atoms with Crippen LogP contribution in [-0.2, 0) is 10.3 Å². The van der Waals surface area contributed by atoms with Crippen molar-refractivity contribution >= 4 is 0 Å². The first kappa shape index (κ1) is 18.2. The molecule has 4 nitrogen and oxygen atoms in total. The molecule has 1 aliphatic heterocycles. The van der Waals surface area contributed by atoms with Gasteiger partial charge >= 0.3 is 0 Å². The van der Waals surface area contributed by atoms with E-state index in [0.29, 0.717) is 24.3 Å². The van der Waals surface area contributed by atoms with Gasteiger partial charge < -0.3 is 19.9 Å². The fraction of sp³-hybridized carbons (Fsp3) is 0.667. The summed E-state index contributed by atoms with van der Waals surface area (Å²) in [5, 5.41) is 14.9. The molecule has 1 saturated heterocycles. The zero-order valence-corrected chi connectivity index (χ0v) is 14.1. The van der Waals surface area contributed by atoms with Gasteiger partial charge in [0.2, 0.25) is 0 Å². The molecule has 23 heavy (non-hydrogen) atoms. The molecule has 2 atom stereocenters. The summed E-state index contributed by atoms with van der Waals surface area (Å²) < 4.78 is 24.3. The van der Waals surface area contributed by atoms with Crippen LogP contribution in [0, 0.1) is 11.7 Å². The van der Waals surface area contributed by atoms with E-state index in [0.717, 1.165) is 38.8 Å². The molecule has 2 rings (SSSR count). The maximum absolute atomic E-state index is 13.8. The third-order valence-corrected chi connectivity index (χ3v) is 4.76. The molecule has 0 bridgehead atoms. The molecule has 1 aromatic rings. The number of hydrogen-bond donors (Lipinski definition) is 2. The molecule has 1 aromatic carbocycles. The standard InChI is InChI=1S/C18H28FNO3/c1-22-11-4-3-9-18(21,14-6-5-10-20-13-14)16-12-15(19)7-8-17(16)23-2/h7-8,12,14,20-21H,3-6,9-11,13H2,1-2H3/t14-,18+/m1/s1. The van der Waals surface area contributed by atoms with E-state index in [2.05, 4.69) is 5.32 Å². The third-order valence-electron chi connectivity index (χ3n) is 4.76. The second-order valence-electron chi connectivity index (χ2n) is 6.26. The minimum Gasteiger partial charge on any atom is -0.496 e. The summed E-state index contributed by atoms with van der Waals surface area (Å²) >= 11 is 0. The van der Waals surface area contributed by atoms with Gasteiger partial charge in [0, 0.05) is 31.7 Å². The van der Waals surface area contributed by atoms with Crippen molar-refractivity contribution in [1.82, 2.24) is 5.32 Å². The smallest absolute Gasteiger partial charge is 0.125 e. The van der Waals surface area contributed by atoms with Crippen molar-refractivity contribution in [3.8, 4) is 5.75 Å². The van der Waals surface area contributed by atoms with Crippen LogP contribution in [0.5, 0.6) is 5.75 Å². The highest BCUT2D eigenvalue weighted by atomic mass is 19.1. The Kier molecular flexibility index (Phi) is 6.81. The molecule has 0 aromatic heterocycles. The molecule has 1 heterocycles. The Hall–Kier alpha value is -1.17. The minimum atomic E-state index is -1.09. The van der Waals surface area contributed by atoms with Crippen molar-refractivity contribution in [2.45, 2.75) is 37.7 Å². The Bertz CT molecular complexity index is 491. The number of piperidine rings is 1. The van der Waals surface area contributed by atoms with Gasteiger partial charge in [-0.15, -0.1) is 0 Å². The highest BCUT2D eigenvalue weighted by molar-refractivity contribution is 5.39. The van der Waals surface area contributed by atoms with Crippen LogP contribution in [-0.4, -0.2) is 39.0 Å². The molecule has 1 aliphatic rings. The second kappa shape index (κ2) is 8.62. The van der Waals surface area contributed by atoms with Crippen LogP contribution in [0.2, 0.25) is 0 Å². The summed E-state index contributed by atoms with van der Waals surface area (Å²) in [7, 11) is 3.23. The van der Waals surface area contributed by atoms with Gasteiger partial charge in [0.25, 0.3) is 0 Å². The van der Waals surface area contributed by atoms with E-state index < -0.39 is 5.60 Å². The molecule has 0 aliphatic carbocycles. The van der Waals surface area contributed by atoms with Crippen molar-refractivity contribution < 1.29 is 19.0 Å². The van der Waals surface area contributed by atoms with Crippen LogP contribution in [0.1, 0.15) is 37.7 Å². The lowest BCUT2D eigenvalue weighted by Gasteiger charge is -2.40. The maximum Gasteiger partial charge on any atom is 0.125 e. The molecule has 2 N–H and O–H groups in total. The number of benzene rings is 1. The number of methoxy groups -OCH3 is 2. The van der Waals surface area contributed by atoms with Crippen LogP contribution < -0.4 is 10.1 Å². The van der Waals surface area contributed by atoms with Gasteiger partial charge in [0.05, 0.1) is 12.7 Å². The number of ether oxygens (including phenoxy) is 2. The molecular weight excluding hydrogens is 297 g/mol. The summed E-state index contributed by atoms with van der Waals surface area (Å²) in [5.41, 5.74) is -0.527. The van der Waals surface area contributed by atoms with Crippen LogP contribution in [0.15, 0.2) is 18.2 Å². The normalized spacial score (nSPS) is 21.0. The Labute approximate surface area is 138 Å². The fourth-order valence-corrected chi connectivity index (χ4v) is 3.48. The van der Waals surface area contributed by atoms with Crippen LogP contribution >= 0.6 is 0 Å². The predicted octanol–water partition coefficient (Wildman–Crippen LogP) is 2.84.